The summed E-state index contributed by atoms with van der Waals surface area (Å²) in [6.45, 7) is 0.291. The number of rotatable bonds is 4. The van der Waals surface area contributed by atoms with E-state index in [2.05, 4.69) is 20.9 Å². The van der Waals surface area contributed by atoms with Crippen molar-refractivity contribution in [1.29, 1.82) is 0 Å². The molecule has 0 saturated heterocycles. The number of carbonyl (C=O) groups excluding carboxylic acids is 1. The molecular weight excluding hydrogens is 294 g/mol. The number of nitrogens with zero attached hydrogens (tertiary/aromatic N) is 1. The molecule has 2 aromatic rings. The van der Waals surface area contributed by atoms with Crippen molar-refractivity contribution >= 4 is 21.9 Å². The standard InChI is InChI=1S/C14H12BrNO2/c15-12-6-4-11(5-7-12)10-18-14(17)9-13-3-1-2-8-16-13/h1-8H,9-10H2. The van der Waals surface area contributed by atoms with E-state index in [1.807, 2.05) is 36.4 Å². The van der Waals surface area contributed by atoms with Gasteiger partial charge in [-0.1, -0.05) is 34.1 Å². The second-order valence-electron chi connectivity index (χ2n) is 3.79. The summed E-state index contributed by atoms with van der Waals surface area (Å²) < 4.78 is 6.18. The van der Waals surface area contributed by atoms with Gasteiger partial charge >= 0.3 is 5.97 Å². The fraction of sp³-hybridized carbons (Fsp3) is 0.143. The average molecular weight is 306 g/mol. The molecule has 0 N–H and O–H groups in total. The van der Waals surface area contributed by atoms with Crippen LogP contribution in [0.25, 0.3) is 0 Å². The number of hydrogen-bond donors (Lipinski definition) is 0. The minimum absolute atomic E-state index is 0.206. The van der Waals surface area contributed by atoms with E-state index >= 15 is 0 Å². The van der Waals surface area contributed by atoms with Gasteiger partial charge in [0.15, 0.2) is 0 Å². The van der Waals surface area contributed by atoms with Crippen LogP contribution in [0.2, 0.25) is 0 Å². The molecule has 2 rings (SSSR count). The average Bonchev–Trinajstić information content (AvgIpc) is 2.39. The Morgan fingerprint density at radius 1 is 1.17 bits per heavy atom. The third kappa shape index (κ3) is 3.96. The molecule has 3 nitrogen and oxygen atoms in total. The first-order chi connectivity index (χ1) is 8.74. The number of esters is 1. The molecule has 0 radical (unpaired) electrons. The maximum atomic E-state index is 11.6. The van der Waals surface area contributed by atoms with Gasteiger partial charge in [0.2, 0.25) is 0 Å². The van der Waals surface area contributed by atoms with Crippen molar-refractivity contribution in [3.05, 3.63) is 64.4 Å². The predicted molar refractivity (Wildman–Crippen MR) is 71.9 cm³/mol. The Labute approximate surface area is 114 Å². The summed E-state index contributed by atoms with van der Waals surface area (Å²) in [5.41, 5.74) is 1.69. The van der Waals surface area contributed by atoms with Gasteiger partial charge in [-0.05, 0) is 29.8 Å². The molecular formula is C14H12BrNO2. The third-order valence-corrected chi connectivity index (χ3v) is 2.89. The summed E-state index contributed by atoms with van der Waals surface area (Å²) >= 11 is 3.35. The first-order valence-corrected chi connectivity index (χ1v) is 6.33. The maximum absolute atomic E-state index is 11.6. The summed E-state index contributed by atoms with van der Waals surface area (Å²) in [6.07, 6.45) is 1.87. The highest BCUT2D eigenvalue weighted by Gasteiger charge is 2.05. The van der Waals surface area contributed by atoms with E-state index in [1.165, 1.54) is 0 Å². The van der Waals surface area contributed by atoms with Crippen molar-refractivity contribution in [1.82, 2.24) is 4.98 Å². The highest BCUT2D eigenvalue weighted by Crippen LogP contribution is 2.11. The number of halogens is 1. The van der Waals surface area contributed by atoms with E-state index < -0.39 is 0 Å². The summed E-state index contributed by atoms with van der Waals surface area (Å²) in [4.78, 5) is 15.7. The SMILES string of the molecule is O=C(Cc1ccccn1)OCc1ccc(Br)cc1. The Bertz CT molecular complexity index is 511. The largest absolute Gasteiger partial charge is 0.461 e. The molecule has 0 fully saturated rings. The lowest BCUT2D eigenvalue weighted by molar-refractivity contribution is -0.144. The Balaban J connectivity index is 1.83. The van der Waals surface area contributed by atoms with Crippen LogP contribution in [0.5, 0.6) is 0 Å². The first kappa shape index (κ1) is 12.8. The molecule has 1 aromatic heterocycles. The second kappa shape index (κ2) is 6.31. The summed E-state index contributed by atoms with van der Waals surface area (Å²) in [5, 5.41) is 0. The van der Waals surface area contributed by atoms with E-state index in [4.69, 9.17) is 4.74 Å². The van der Waals surface area contributed by atoms with Gasteiger partial charge in [-0.2, -0.15) is 0 Å². The highest BCUT2D eigenvalue weighted by molar-refractivity contribution is 9.10. The molecule has 0 atom stereocenters. The lowest BCUT2D eigenvalue weighted by atomic mass is 10.2. The zero-order valence-corrected chi connectivity index (χ0v) is 11.3. The van der Waals surface area contributed by atoms with Crippen molar-refractivity contribution in [3.63, 3.8) is 0 Å². The summed E-state index contributed by atoms with van der Waals surface area (Å²) in [7, 11) is 0. The van der Waals surface area contributed by atoms with Gasteiger partial charge < -0.3 is 4.74 Å². The lowest BCUT2D eigenvalue weighted by Gasteiger charge is -2.04. The first-order valence-electron chi connectivity index (χ1n) is 5.54. The van der Waals surface area contributed by atoms with Gasteiger partial charge in [0.25, 0.3) is 0 Å². The molecule has 0 bridgehead atoms. The molecule has 92 valence electrons. The topological polar surface area (TPSA) is 39.2 Å². The third-order valence-electron chi connectivity index (χ3n) is 2.36. The zero-order chi connectivity index (χ0) is 12.8. The molecule has 0 aliphatic heterocycles. The van der Waals surface area contributed by atoms with Crippen molar-refractivity contribution in [2.75, 3.05) is 0 Å². The van der Waals surface area contributed by atoms with E-state index in [0.29, 0.717) is 6.61 Å². The number of aromatic nitrogens is 1. The van der Waals surface area contributed by atoms with Crippen LogP contribution < -0.4 is 0 Å². The van der Waals surface area contributed by atoms with Crippen molar-refractivity contribution in [2.24, 2.45) is 0 Å². The van der Waals surface area contributed by atoms with Crippen LogP contribution in [0.1, 0.15) is 11.3 Å². The number of carbonyl (C=O) groups is 1. The number of pyridine rings is 1. The monoisotopic (exact) mass is 305 g/mol. The molecule has 0 aliphatic rings. The minimum atomic E-state index is -0.267. The van der Waals surface area contributed by atoms with Crippen molar-refractivity contribution < 1.29 is 9.53 Å². The van der Waals surface area contributed by atoms with Crippen molar-refractivity contribution in [3.8, 4) is 0 Å². The fourth-order valence-corrected chi connectivity index (χ4v) is 1.71. The van der Waals surface area contributed by atoms with E-state index in [9.17, 15) is 4.79 Å². The van der Waals surface area contributed by atoms with Crippen LogP contribution in [0.4, 0.5) is 0 Å². The summed E-state index contributed by atoms with van der Waals surface area (Å²) in [6, 6.07) is 13.1. The molecule has 4 heteroatoms. The minimum Gasteiger partial charge on any atom is -0.461 e. The Morgan fingerprint density at radius 2 is 1.94 bits per heavy atom. The van der Waals surface area contributed by atoms with Crippen LogP contribution in [-0.2, 0) is 22.6 Å². The van der Waals surface area contributed by atoms with E-state index in [-0.39, 0.29) is 12.4 Å². The highest BCUT2D eigenvalue weighted by atomic mass is 79.9. The number of hydrogen-bond acceptors (Lipinski definition) is 3. The molecule has 0 unspecified atom stereocenters. The normalized spacial score (nSPS) is 10.1. The van der Waals surface area contributed by atoms with Crippen LogP contribution >= 0.6 is 15.9 Å². The van der Waals surface area contributed by atoms with E-state index in [0.717, 1.165) is 15.7 Å². The smallest absolute Gasteiger partial charge is 0.312 e. The molecule has 0 saturated carbocycles. The fourth-order valence-electron chi connectivity index (χ4n) is 1.45. The number of benzene rings is 1. The molecule has 0 aliphatic carbocycles. The lowest BCUT2D eigenvalue weighted by Crippen LogP contribution is -2.08. The van der Waals surface area contributed by atoms with Gasteiger partial charge in [-0.15, -0.1) is 0 Å². The van der Waals surface area contributed by atoms with Crippen LogP contribution in [-0.4, -0.2) is 11.0 Å². The molecule has 1 heterocycles. The van der Waals surface area contributed by atoms with Gasteiger partial charge in [0.05, 0.1) is 12.1 Å². The Morgan fingerprint density at radius 3 is 2.61 bits per heavy atom. The van der Waals surface area contributed by atoms with Gasteiger partial charge in [-0.25, -0.2) is 0 Å². The zero-order valence-electron chi connectivity index (χ0n) is 9.67. The number of ether oxygens (including phenoxy) is 1. The van der Waals surface area contributed by atoms with Crippen LogP contribution in [0, 0.1) is 0 Å². The van der Waals surface area contributed by atoms with Gasteiger partial charge in [0, 0.05) is 10.7 Å². The van der Waals surface area contributed by atoms with Crippen LogP contribution in [0.3, 0.4) is 0 Å². The van der Waals surface area contributed by atoms with Gasteiger partial charge in [0.1, 0.15) is 6.61 Å². The summed E-state index contributed by atoms with van der Waals surface area (Å²) in [5.74, 6) is -0.267. The quantitative estimate of drug-likeness (QED) is 0.815. The molecule has 0 amide bonds. The van der Waals surface area contributed by atoms with Crippen LogP contribution in [0.15, 0.2) is 53.1 Å². The van der Waals surface area contributed by atoms with Crippen molar-refractivity contribution in [2.45, 2.75) is 13.0 Å². The maximum Gasteiger partial charge on any atom is 0.312 e. The second-order valence-corrected chi connectivity index (χ2v) is 4.70. The van der Waals surface area contributed by atoms with E-state index in [1.54, 1.807) is 12.3 Å². The molecule has 18 heavy (non-hydrogen) atoms. The predicted octanol–water partition coefficient (Wildman–Crippen LogP) is 3.13. The van der Waals surface area contributed by atoms with Gasteiger partial charge in [-0.3, -0.25) is 9.78 Å². The Hall–Kier alpha value is -1.68. The Kier molecular flexibility index (Phi) is 4.47. The molecule has 1 aromatic carbocycles. The molecule has 0 spiro atoms.